The number of rotatable bonds is 6. The Labute approximate surface area is 168 Å². The fourth-order valence-electron chi connectivity index (χ4n) is 4.54. The summed E-state index contributed by atoms with van der Waals surface area (Å²) in [6, 6.07) is 0.678. The van der Waals surface area contributed by atoms with Crippen LogP contribution in [0.5, 0.6) is 0 Å². The molecule has 0 spiro atoms. The largest absolute Gasteiger partial charge is 0.469 e. The van der Waals surface area contributed by atoms with Crippen molar-refractivity contribution < 1.29 is 19.2 Å². The number of piperazine rings is 1. The molecule has 1 amide bonds. The van der Waals surface area contributed by atoms with Gasteiger partial charge in [0.2, 0.25) is 0 Å². The zero-order chi connectivity index (χ0) is 19.8. The number of esters is 1. The van der Waals surface area contributed by atoms with Crippen molar-refractivity contribution in [3.05, 3.63) is 0 Å². The average Bonchev–Trinajstić information content (AvgIpc) is 2.75. The third kappa shape index (κ3) is 6.32. The maximum absolute atomic E-state index is 12.5. The van der Waals surface area contributed by atoms with Crippen LogP contribution >= 0.6 is 0 Å². The highest BCUT2D eigenvalue weighted by molar-refractivity contribution is 5.69. The second-order valence-electron chi connectivity index (χ2n) is 8.20. The van der Waals surface area contributed by atoms with E-state index >= 15 is 0 Å². The van der Waals surface area contributed by atoms with Crippen LogP contribution in [0, 0.1) is 5.92 Å². The average molecular weight is 397 g/mol. The second kappa shape index (κ2) is 11.0. The van der Waals surface area contributed by atoms with Crippen LogP contribution in [0.2, 0.25) is 0 Å². The molecule has 1 N–H and O–H groups in total. The van der Waals surface area contributed by atoms with Crippen molar-refractivity contribution in [1.82, 2.24) is 20.2 Å². The smallest absolute Gasteiger partial charge is 0.428 e. The molecule has 0 atom stereocenters. The van der Waals surface area contributed by atoms with E-state index < -0.39 is 0 Å². The molecule has 160 valence electrons. The summed E-state index contributed by atoms with van der Waals surface area (Å²) in [6.07, 6.45) is 6.58. The normalized spacial score (nSPS) is 23.5. The Morgan fingerprint density at radius 1 is 0.964 bits per heavy atom. The van der Waals surface area contributed by atoms with Crippen LogP contribution < -0.4 is 5.32 Å². The molecule has 0 saturated carbocycles. The summed E-state index contributed by atoms with van der Waals surface area (Å²) >= 11 is 0. The number of ether oxygens (including phenoxy) is 1. The quantitative estimate of drug-likeness (QED) is 0.682. The van der Waals surface area contributed by atoms with Gasteiger partial charge in [0.15, 0.2) is 0 Å². The van der Waals surface area contributed by atoms with Crippen molar-refractivity contribution in [2.45, 2.75) is 51.0 Å². The summed E-state index contributed by atoms with van der Waals surface area (Å²) < 4.78 is 4.68. The number of piperidine rings is 2. The highest BCUT2D eigenvalue weighted by Crippen LogP contribution is 2.23. The minimum absolute atomic E-state index is 0.138. The van der Waals surface area contributed by atoms with Crippen molar-refractivity contribution >= 4 is 12.1 Å². The van der Waals surface area contributed by atoms with E-state index in [4.69, 9.17) is 4.84 Å². The molecule has 8 heteroatoms. The Kier molecular flexibility index (Phi) is 8.36. The molecule has 3 aliphatic heterocycles. The molecule has 0 aromatic carbocycles. The zero-order valence-corrected chi connectivity index (χ0v) is 17.2. The molecule has 8 nitrogen and oxygen atoms in total. The van der Waals surface area contributed by atoms with Crippen molar-refractivity contribution in [3.8, 4) is 0 Å². The van der Waals surface area contributed by atoms with Gasteiger partial charge in [-0.1, -0.05) is 0 Å². The van der Waals surface area contributed by atoms with E-state index in [0.717, 1.165) is 78.0 Å². The first kappa shape index (κ1) is 21.3. The number of carbonyl (C=O) groups is 2. The van der Waals surface area contributed by atoms with Crippen molar-refractivity contribution in [1.29, 1.82) is 0 Å². The predicted octanol–water partition coefficient (Wildman–Crippen LogP) is 1.46. The number of likely N-dealkylation sites (tertiary alicyclic amines) is 1. The molecule has 3 heterocycles. The van der Waals surface area contributed by atoms with Gasteiger partial charge in [-0.15, -0.1) is 5.06 Å². The van der Waals surface area contributed by atoms with Gasteiger partial charge in [-0.25, -0.2) is 4.79 Å². The predicted molar refractivity (Wildman–Crippen MR) is 106 cm³/mol. The lowest BCUT2D eigenvalue weighted by Gasteiger charge is -2.40. The van der Waals surface area contributed by atoms with Crippen molar-refractivity contribution in [3.63, 3.8) is 0 Å². The molecule has 28 heavy (non-hydrogen) atoms. The number of hydrogen-bond donors (Lipinski definition) is 1. The van der Waals surface area contributed by atoms with Crippen molar-refractivity contribution in [2.24, 2.45) is 5.92 Å². The summed E-state index contributed by atoms with van der Waals surface area (Å²) in [6.45, 7) is 7.24. The minimum atomic E-state index is -0.205. The summed E-state index contributed by atoms with van der Waals surface area (Å²) in [7, 11) is 1.43. The highest BCUT2D eigenvalue weighted by Gasteiger charge is 2.29. The summed E-state index contributed by atoms with van der Waals surface area (Å²) in [5.41, 5.74) is 0. The fraction of sp³-hybridized carbons (Fsp3) is 0.900. The lowest BCUT2D eigenvalue weighted by atomic mass is 9.92. The Morgan fingerprint density at radius 2 is 1.64 bits per heavy atom. The van der Waals surface area contributed by atoms with Gasteiger partial charge < -0.3 is 19.8 Å². The third-order valence-corrected chi connectivity index (χ3v) is 6.40. The van der Waals surface area contributed by atoms with Crippen LogP contribution in [0.1, 0.15) is 44.9 Å². The molecule has 0 bridgehead atoms. The van der Waals surface area contributed by atoms with Gasteiger partial charge >= 0.3 is 12.1 Å². The summed E-state index contributed by atoms with van der Waals surface area (Å²) in [5.74, 6) is 0.448. The van der Waals surface area contributed by atoms with Gasteiger partial charge in [0.1, 0.15) is 0 Å². The van der Waals surface area contributed by atoms with E-state index in [2.05, 4.69) is 15.0 Å². The Balaban J connectivity index is 1.30. The number of hydroxylamine groups is 2. The van der Waals surface area contributed by atoms with Gasteiger partial charge in [0.25, 0.3) is 0 Å². The molecule has 0 aromatic rings. The zero-order valence-electron chi connectivity index (χ0n) is 17.2. The van der Waals surface area contributed by atoms with Crippen LogP contribution in [0.4, 0.5) is 4.79 Å². The Morgan fingerprint density at radius 3 is 2.29 bits per heavy atom. The number of nitrogens with one attached hydrogen (secondary N) is 1. The molecule has 3 fully saturated rings. The maximum Gasteiger partial charge on any atom is 0.428 e. The number of amides is 1. The van der Waals surface area contributed by atoms with Gasteiger partial charge in [-0.3, -0.25) is 9.69 Å². The van der Waals surface area contributed by atoms with E-state index in [0.29, 0.717) is 18.4 Å². The van der Waals surface area contributed by atoms with Crippen LogP contribution in [0.15, 0.2) is 0 Å². The van der Waals surface area contributed by atoms with E-state index in [1.54, 1.807) is 0 Å². The van der Waals surface area contributed by atoms with Gasteiger partial charge in [0, 0.05) is 51.7 Å². The molecule has 3 saturated heterocycles. The lowest BCUT2D eigenvalue weighted by molar-refractivity contribution is -0.140. The molecule has 3 rings (SSSR count). The molecular weight excluding hydrogens is 360 g/mol. The molecule has 3 aliphatic rings. The van der Waals surface area contributed by atoms with Gasteiger partial charge in [-0.2, -0.15) is 0 Å². The molecule has 0 unspecified atom stereocenters. The SMILES string of the molecule is COC(=O)CCCC1CCN(C(=O)ON2CCN(C3CCNCC3)CC2)CC1. The number of nitrogens with zero attached hydrogens (tertiary/aromatic N) is 3. The molecule has 0 aromatic heterocycles. The minimum Gasteiger partial charge on any atom is -0.469 e. The molecule has 0 aliphatic carbocycles. The van der Waals surface area contributed by atoms with Crippen LogP contribution in [0.3, 0.4) is 0 Å². The van der Waals surface area contributed by atoms with Crippen LogP contribution in [0.25, 0.3) is 0 Å². The van der Waals surface area contributed by atoms with E-state index in [1.165, 1.54) is 20.0 Å². The fourth-order valence-corrected chi connectivity index (χ4v) is 4.54. The number of carbonyl (C=O) groups excluding carboxylic acids is 2. The maximum atomic E-state index is 12.5. The Hall–Kier alpha value is -1.38. The monoisotopic (exact) mass is 396 g/mol. The second-order valence-corrected chi connectivity index (χ2v) is 8.20. The van der Waals surface area contributed by atoms with E-state index in [9.17, 15) is 9.59 Å². The first-order chi connectivity index (χ1) is 13.7. The van der Waals surface area contributed by atoms with Gasteiger partial charge in [-0.05, 0) is 57.5 Å². The summed E-state index contributed by atoms with van der Waals surface area (Å²) in [5, 5.41) is 5.25. The first-order valence-corrected chi connectivity index (χ1v) is 10.9. The van der Waals surface area contributed by atoms with Crippen LogP contribution in [-0.2, 0) is 14.4 Å². The third-order valence-electron chi connectivity index (χ3n) is 6.40. The first-order valence-electron chi connectivity index (χ1n) is 10.9. The van der Waals surface area contributed by atoms with Gasteiger partial charge in [0.05, 0.1) is 7.11 Å². The van der Waals surface area contributed by atoms with Crippen molar-refractivity contribution in [2.75, 3.05) is 59.5 Å². The number of hydrogen-bond acceptors (Lipinski definition) is 7. The standard InChI is InChI=1S/C20H36N4O4/c1-27-19(25)4-2-3-17-7-11-23(12-8-17)20(26)28-24-15-13-22(14-16-24)18-5-9-21-10-6-18/h17-18,21H,2-16H2,1H3. The van der Waals surface area contributed by atoms with E-state index in [-0.39, 0.29) is 12.1 Å². The summed E-state index contributed by atoms with van der Waals surface area (Å²) in [4.78, 5) is 33.7. The lowest BCUT2D eigenvalue weighted by Crippen LogP contribution is -2.53. The highest BCUT2D eigenvalue weighted by atomic mass is 16.7. The number of methoxy groups -OCH3 is 1. The van der Waals surface area contributed by atoms with E-state index in [1.807, 2.05) is 9.96 Å². The topological polar surface area (TPSA) is 74.4 Å². The Bertz CT molecular complexity index is 496. The molecular formula is C20H36N4O4. The van der Waals surface area contributed by atoms with Crippen LogP contribution in [-0.4, -0.2) is 92.4 Å². The molecule has 0 radical (unpaired) electrons.